The lowest BCUT2D eigenvalue weighted by Gasteiger charge is -2.04. The zero-order valence-electron chi connectivity index (χ0n) is 11.4. The van der Waals surface area contributed by atoms with Crippen molar-refractivity contribution in [2.24, 2.45) is 0 Å². The van der Waals surface area contributed by atoms with Gasteiger partial charge in [0.2, 0.25) is 0 Å². The molecule has 5 heteroatoms. The van der Waals surface area contributed by atoms with Crippen LogP contribution in [0, 0.1) is 18.3 Å². The van der Waals surface area contributed by atoms with E-state index in [1.54, 1.807) is 36.4 Å². The standard InChI is InChI=1S/C16H13NO3S/c1-13-7-9-16(10-8-13)21(18,19)20-12-15(11-17)14-5-3-2-4-6-14/h2-10,12H,1H3/b15-12-. The molecule has 0 aliphatic heterocycles. The average molecular weight is 299 g/mol. The Hall–Kier alpha value is -2.58. The first-order valence-corrected chi connectivity index (χ1v) is 7.59. The van der Waals surface area contributed by atoms with Gasteiger partial charge in [0.05, 0.1) is 5.57 Å². The molecule has 4 nitrogen and oxygen atoms in total. The van der Waals surface area contributed by atoms with Crippen LogP contribution in [0.5, 0.6) is 0 Å². The Morgan fingerprint density at radius 3 is 2.29 bits per heavy atom. The predicted octanol–water partition coefficient (Wildman–Crippen LogP) is 3.27. The fourth-order valence-corrected chi connectivity index (χ4v) is 2.45. The molecule has 0 atom stereocenters. The molecular formula is C16H13NO3S. The normalized spacial score (nSPS) is 11.7. The highest BCUT2D eigenvalue weighted by molar-refractivity contribution is 7.86. The van der Waals surface area contributed by atoms with Gasteiger partial charge in [0.15, 0.2) is 0 Å². The molecule has 0 heterocycles. The third-order valence-corrected chi connectivity index (χ3v) is 4.01. The summed E-state index contributed by atoms with van der Waals surface area (Å²) < 4.78 is 28.9. The first kappa shape index (κ1) is 14.8. The zero-order chi connectivity index (χ0) is 15.3. The molecule has 0 saturated heterocycles. The minimum absolute atomic E-state index is 0.0506. The molecule has 0 spiro atoms. The monoisotopic (exact) mass is 299 g/mol. The van der Waals surface area contributed by atoms with Crippen LogP contribution in [-0.2, 0) is 14.3 Å². The van der Waals surface area contributed by atoms with Gasteiger partial charge in [-0.3, -0.25) is 0 Å². The van der Waals surface area contributed by atoms with E-state index in [0.717, 1.165) is 11.8 Å². The van der Waals surface area contributed by atoms with Gasteiger partial charge < -0.3 is 4.18 Å². The Labute approximate surface area is 124 Å². The maximum absolute atomic E-state index is 12.0. The maximum atomic E-state index is 12.0. The Balaban J connectivity index is 2.26. The van der Waals surface area contributed by atoms with Gasteiger partial charge in [-0.25, -0.2) is 0 Å². The van der Waals surface area contributed by atoms with Crippen molar-refractivity contribution in [2.75, 3.05) is 0 Å². The summed E-state index contributed by atoms with van der Waals surface area (Å²) in [6, 6.07) is 17.0. The van der Waals surface area contributed by atoms with Crippen molar-refractivity contribution in [3.63, 3.8) is 0 Å². The third-order valence-electron chi connectivity index (χ3n) is 2.81. The van der Waals surface area contributed by atoms with E-state index in [9.17, 15) is 8.42 Å². The first-order chi connectivity index (χ1) is 10.0. The molecule has 2 rings (SSSR count). The van der Waals surface area contributed by atoms with Crippen LogP contribution in [0.4, 0.5) is 0 Å². The van der Waals surface area contributed by atoms with Crippen LogP contribution in [0.1, 0.15) is 11.1 Å². The smallest absolute Gasteiger partial charge is 0.338 e. The second-order valence-corrected chi connectivity index (χ2v) is 5.94. The fraction of sp³-hybridized carbons (Fsp3) is 0.0625. The van der Waals surface area contributed by atoms with Crippen LogP contribution in [0.2, 0.25) is 0 Å². The highest BCUT2D eigenvalue weighted by atomic mass is 32.2. The summed E-state index contributed by atoms with van der Waals surface area (Å²) in [4.78, 5) is 0.0506. The summed E-state index contributed by atoms with van der Waals surface area (Å²) in [6.45, 7) is 1.86. The minimum Gasteiger partial charge on any atom is -0.385 e. The van der Waals surface area contributed by atoms with Crippen molar-refractivity contribution in [3.8, 4) is 6.07 Å². The van der Waals surface area contributed by atoms with E-state index in [0.29, 0.717) is 5.56 Å². The highest BCUT2D eigenvalue weighted by Gasteiger charge is 2.14. The van der Waals surface area contributed by atoms with Gasteiger partial charge >= 0.3 is 10.1 Å². The highest BCUT2D eigenvalue weighted by Crippen LogP contribution is 2.17. The van der Waals surface area contributed by atoms with E-state index < -0.39 is 10.1 Å². The summed E-state index contributed by atoms with van der Waals surface area (Å²) in [5.74, 6) is 0. The van der Waals surface area contributed by atoms with Gasteiger partial charge in [-0.15, -0.1) is 0 Å². The van der Waals surface area contributed by atoms with Crippen molar-refractivity contribution in [3.05, 3.63) is 72.0 Å². The van der Waals surface area contributed by atoms with Gasteiger partial charge in [-0.1, -0.05) is 48.0 Å². The van der Waals surface area contributed by atoms with E-state index in [2.05, 4.69) is 0 Å². The summed E-state index contributed by atoms with van der Waals surface area (Å²) in [6.07, 6.45) is 0.963. The summed E-state index contributed by atoms with van der Waals surface area (Å²) in [7, 11) is -3.92. The van der Waals surface area contributed by atoms with Gasteiger partial charge in [-0.05, 0) is 24.6 Å². The second kappa shape index (κ2) is 6.25. The van der Waals surface area contributed by atoms with Crippen LogP contribution in [0.15, 0.2) is 65.8 Å². The number of benzene rings is 2. The molecule has 0 aliphatic carbocycles. The number of hydrogen-bond acceptors (Lipinski definition) is 4. The second-order valence-electron chi connectivity index (χ2n) is 4.37. The van der Waals surface area contributed by atoms with E-state index >= 15 is 0 Å². The van der Waals surface area contributed by atoms with Gasteiger partial charge in [-0.2, -0.15) is 13.7 Å². The van der Waals surface area contributed by atoms with Crippen LogP contribution in [-0.4, -0.2) is 8.42 Å². The molecule has 0 N–H and O–H groups in total. The van der Waals surface area contributed by atoms with Crippen LogP contribution >= 0.6 is 0 Å². The number of rotatable bonds is 4. The van der Waals surface area contributed by atoms with E-state index in [1.165, 1.54) is 12.1 Å². The number of nitriles is 1. The van der Waals surface area contributed by atoms with Crippen molar-refractivity contribution < 1.29 is 12.6 Å². The number of allylic oxidation sites excluding steroid dienone is 1. The summed E-state index contributed by atoms with van der Waals surface area (Å²) in [5, 5.41) is 9.09. The molecule has 106 valence electrons. The third kappa shape index (κ3) is 3.71. The summed E-state index contributed by atoms with van der Waals surface area (Å²) in [5.41, 5.74) is 1.69. The van der Waals surface area contributed by atoms with Crippen LogP contribution < -0.4 is 0 Å². The average Bonchev–Trinajstić information content (AvgIpc) is 2.49. The van der Waals surface area contributed by atoms with E-state index in [-0.39, 0.29) is 10.5 Å². The van der Waals surface area contributed by atoms with Crippen LogP contribution in [0.3, 0.4) is 0 Å². The molecule has 0 amide bonds. The molecule has 0 bridgehead atoms. The van der Waals surface area contributed by atoms with E-state index in [1.807, 2.05) is 19.1 Å². The fourth-order valence-electron chi connectivity index (χ4n) is 1.65. The summed E-state index contributed by atoms with van der Waals surface area (Å²) >= 11 is 0. The molecule has 0 fully saturated rings. The largest absolute Gasteiger partial charge is 0.385 e. The quantitative estimate of drug-likeness (QED) is 0.493. The molecule has 2 aromatic carbocycles. The van der Waals surface area contributed by atoms with Gasteiger partial charge in [0.1, 0.15) is 17.2 Å². The molecule has 0 saturated carbocycles. The van der Waals surface area contributed by atoms with Crippen LogP contribution in [0.25, 0.3) is 5.57 Å². The maximum Gasteiger partial charge on any atom is 0.338 e. The Kier molecular flexibility index (Phi) is 4.41. The molecule has 2 aromatic rings. The van der Waals surface area contributed by atoms with Crippen molar-refractivity contribution in [1.29, 1.82) is 5.26 Å². The van der Waals surface area contributed by atoms with E-state index in [4.69, 9.17) is 9.44 Å². The molecule has 0 aliphatic rings. The number of aryl methyl sites for hydroxylation is 1. The Morgan fingerprint density at radius 1 is 1.10 bits per heavy atom. The Morgan fingerprint density at radius 2 is 1.71 bits per heavy atom. The number of nitrogens with zero attached hydrogens (tertiary/aromatic N) is 1. The predicted molar refractivity (Wildman–Crippen MR) is 79.5 cm³/mol. The van der Waals surface area contributed by atoms with Crippen molar-refractivity contribution in [1.82, 2.24) is 0 Å². The first-order valence-electron chi connectivity index (χ1n) is 6.18. The molecular weight excluding hydrogens is 286 g/mol. The van der Waals surface area contributed by atoms with Gasteiger partial charge in [0.25, 0.3) is 0 Å². The molecule has 0 unspecified atom stereocenters. The number of hydrogen-bond donors (Lipinski definition) is 0. The zero-order valence-corrected chi connectivity index (χ0v) is 12.2. The topological polar surface area (TPSA) is 67.2 Å². The molecule has 0 aromatic heterocycles. The minimum atomic E-state index is -3.92. The van der Waals surface area contributed by atoms with Gasteiger partial charge in [0, 0.05) is 0 Å². The SMILES string of the molecule is Cc1ccc(S(=O)(=O)O/C=C(/C#N)c2ccccc2)cc1. The molecule has 0 radical (unpaired) electrons. The lowest BCUT2D eigenvalue weighted by Crippen LogP contribution is -2.02. The lowest BCUT2D eigenvalue weighted by atomic mass is 10.1. The molecule has 21 heavy (non-hydrogen) atoms. The lowest BCUT2D eigenvalue weighted by molar-refractivity contribution is 0.445. The van der Waals surface area contributed by atoms with Crippen molar-refractivity contribution in [2.45, 2.75) is 11.8 Å². The van der Waals surface area contributed by atoms with Crippen molar-refractivity contribution >= 4 is 15.7 Å². The Bertz CT molecular complexity index is 786.